The zero-order valence-corrected chi connectivity index (χ0v) is 9.92. The highest BCUT2D eigenvalue weighted by Gasteiger charge is 2.45. The molecule has 0 unspecified atom stereocenters. The first-order valence-electron chi connectivity index (χ1n) is 6.15. The summed E-state index contributed by atoms with van der Waals surface area (Å²) in [5.74, 6) is -1.00. The third kappa shape index (κ3) is 3.22. The van der Waals surface area contributed by atoms with E-state index in [4.69, 9.17) is 5.11 Å². The van der Waals surface area contributed by atoms with Crippen molar-refractivity contribution in [2.24, 2.45) is 0 Å². The molecule has 4 nitrogen and oxygen atoms in total. The van der Waals surface area contributed by atoms with Crippen LogP contribution >= 0.6 is 0 Å². The Kier molecular flexibility index (Phi) is 4.77. The van der Waals surface area contributed by atoms with Crippen molar-refractivity contribution in [1.82, 2.24) is 5.32 Å². The lowest BCUT2D eigenvalue weighted by atomic mass is 9.76. The number of rotatable bonds is 7. The van der Waals surface area contributed by atoms with Crippen LogP contribution in [0.4, 0.5) is 0 Å². The van der Waals surface area contributed by atoms with Crippen molar-refractivity contribution in [3.8, 4) is 0 Å². The minimum absolute atomic E-state index is 0.113. The maximum absolute atomic E-state index is 11.5. The Morgan fingerprint density at radius 1 is 1.25 bits per heavy atom. The molecule has 0 spiro atoms. The predicted octanol–water partition coefficient (Wildman–Crippen LogP) is 2.08. The van der Waals surface area contributed by atoms with Gasteiger partial charge >= 0.3 is 5.97 Å². The van der Waals surface area contributed by atoms with Crippen molar-refractivity contribution in [3.05, 3.63) is 0 Å². The molecule has 92 valence electrons. The van der Waals surface area contributed by atoms with Crippen LogP contribution in [0.2, 0.25) is 0 Å². The first kappa shape index (κ1) is 13.0. The van der Waals surface area contributed by atoms with Crippen LogP contribution in [0.5, 0.6) is 0 Å². The summed E-state index contributed by atoms with van der Waals surface area (Å²) in [7, 11) is 0. The molecule has 0 bridgehead atoms. The molecule has 1 rings (SSSR count). The predicted molar refractivity (Wildman–Crippen MR) is 61.1 cm³/mol. The Morgan fingerprint density at radius 3 is 2.38 bits per heavy atom. The van der Waals surface area contributed by atoms with Crippen LogP contribution in [0.25, 0.3) is 0 Å². The van der Waals surface area contributed by atoms with E-state index in [0.717, 1.165) is 32.1 Å². The van der Waals surface area contributed by atoms with E-state index in [9.17, 15) is 9.59 Å². The Morgan fingerprint density at radius 2 is 1.94 bits per heavy atom. The van der Waals surface area contributed by atoms with Gasteiger partial charge in [0, 0.05) is 6.42 Å². The molecule has 1 amide bonds. The first-order chi connectivity index (χ1) is 7.60. The molecule has 0 saturated heterocycles. The summed E-state index contributed by atoms with van der Waals surface area (Å²) in [4.78, 5) is 22.5. The van der Waals surface area contributed by atoms with Crippen molar-refractivity contribution < 1.29 is 14.7 Å². The second kappa shape index (κ2) is 5.87. The number of unbranched alkanes of at least 4 members (excludes halogenated alkanes) is 3. The fourth-order valence-corrected chi connectivity index (χ4v) is 1.96. The first-order valence-corrected chi connectivity index (χ1v) is 6.15. The standard InChI is InChI=1S/C12H21NO3/c1-2-3-4-5-7-10(14)13-12(11(15)16)8-6-9-12/h2-9H2,1H3,(H,13,14)(H,15,16). The normalized spacial score (nSPS) is 17.6. The van der Waals surface area contributed by atoms with Gasteiger partial charge in [-0.3, -0.25) is 4.79 Å². The maximum atomic E-state index is 11.5. The highest BCUT2D eigenvalue weighted by atomic mass is 16.4. The van der Waals surface area contributed by atoms with Crippen molar-refractivity contribution in [1.29, 1.82) is 0 Å². The Balaban J connectivity index is 2.25. The van der Waals surface area contributed by atoms with Gasteiger partial charge in [0.2, 0.25) is 5.91 Å². The van der Waals surface area contributed by atoms with Crippen molar-refractivity contribution >= 4 is 11.9 Å². The summed E-state index contributed by atoms with van der Waals surface area (Å²) >= 11 is 0. The molecule has 16 heavy (non-hydrogen) atoms. The van der Waals surface area contributed by atoms with Gasteiger partial charge in [0.15, 0.2) is 0 Å². The van der Waals surface area contributed by atoms with Gasteiger partial charge in [-0.05, 0) is 25.7 Å². The van der Waals surface area contributed by atoms with Gasteiger partial charge in [-0.25, -0.2) is 4.79 Å². The molecule has 1 saturated carbocycles. The number of hydrogen-bond acceptors (Lipinski definition) is 2. The number of amides is 1. The minimum atomic E-state index is -0.943. The molecule has 0 atom stereocenters. The van der Waals surface area contributed by atoms with Gasteiger partial charge in [0.05, 0.1) is 0 Å². The van der Waals surface area contributed by atoms with Crippen LogP contribution in [0, 0.1) is 0 Å². The smallest absolute Gasteiger partial charge is 0.329 e. The molecular weight excluding hydrogens is 206 g/mol. The van der Waals surface area contributed by atoms with Gasteiger partial charge in [-0.15, -0.1) is 0 Å². The lowest BCUT2D eigenvalue weighted by Gasteiger charge is -2.38. The molecule has 1 aliphatic carbocycles. The summed E-state index contributed by atoms with van der Waals surface area (Å²) in [6.07, 6.45) is 6.67. The zero-order valence-electron chi connectivity index (χ0n) is 9.92. The van der Waals surface area contributed by atoms with Gasteiger partial charge < -0.3 is 10.4 Å². The Hall–Kier alpha value is -1.06. The van der Waals surface area contributed by atoms with Crippen LogP contribution in [0.3, 0.4) is 0 Å². The fraction of sp³-hybridized carbons (Fsp3) is 0.833. The summed E-state index contributed by atoms with van der Waals surface area (Å²) in [5, 5.41) is 11.7. The van der Waals surface area contributed by atoms with Crippen LogP contribution < -0.4 is 5.32 Å². The molecule has 0 aromatic heterocycles. The number of carbonyl (C=O) groups is 2. The molecule has 0 aliphatic heterocycles. The number of aliphatic carboxylic acids is 1. The molecule has 0 aromatic rings. The van der Waals surface area contributed by atoms with E-state index in [1.54, 1.807) is 0 Å². The minimum Gasteiger partial charge on any atom is -0.480 e. The van der Waals surface area contributed by atoms with E-state index in [1.807, 2.05) is 0 Å². The van der Waals surface area contributed by atoms with Crippen LogP contribution in [0.15, 0.2) is 0 Å². The highest BCUT2D eigenvalue weighted by molar-refractivity contribution is 5.87. The van der Waals surface area contributed by atoms with E-state index in [0.29, 0.717) is 19.3 Å². The Labute approximate surface area is 96.4 Å². The van der Waals surface area contributed by atoms with Crippen LogP contribution in [0.1, 0.15) is 58.3 Å². The molecule has 0 aromatic carbocycles. The molecule has 1 fully saturated rings. The van der Waals surface area contributed by atoms with Crippen molar-refractivity contribution in [2.45, 2.75) is 63.8 Å². The van der Waals surface area contributed by atoms with E-state index >= 15 is 0 Å². The fourth-order valence-electron chi connectivity index (χ4n) is 1.96. The topological polar surface area (TPSA) is 66.4 Å². The average Bonchev–Trinajstić information content (AvgIpc) is 2.18. The van der Waals surface area contributed by atoms with Crippen LogP contribution in [-0.2, 0) is 9.59 Å². The molecule has 0 radical (unpaired) electrons. The van der Waals surface area contributed by atoms with Crippen molar-refractivity contribution in [3.63, 3.8) is 0 Å². The number of carboxylic acid groups (broad SMARTS) is 1. The summed E-state index contributed by atoms with van der Waals surface area (Å²) in [5.41, 5.74) is -0.943. The van der Waals surface area contributed by atoms with Gasteiger partial charge in [0.25, 0.3) is 0 Å². The molecule has 2 N–H and O–H groups in total. The van der Waals surface area contributed by atoms with Crippen molar-refractivity contribution in [2.75, 3.05) is 0 Å². The highest BCUT2D eigenvalue weighted by Crippen LogP contribution is 2.32. The monoisotopic (exact) mass is 227 g/mol. The SMILES string of the molecule is CCCCCCC(=O)NC1(C(=O)O)CCC1. The van der Waals surface area contributed by atoms with E-state index in [2.05, 4.69) is 12.2 Å². The summed E-state index contributed by atoms with van der Waals surface area (Å²) in [6, 6.07) is 0. The van der Waals surface area contributed by atoms with Crippen LogP contribution in [-0.4, -0.2) is 22.5 Å². The second-order valence-electron chi connectivity index (χ2n) is 4.60. The Bertz CT molecular complexity index is 259. The number of carboxylic acids is 1. The summed E-state index contributed by atoms with van der Waals surface area (Å²) < 4.78 is 0. The third-order valence-electron chi connectivity index (χ3n) is 3.25. The number of carbonyl (C=O) groups excluding carboxylic acids is 1. The van der Waals surface area contributed by atoms with E-state index in [-0.39, 0.29) is 5.91 Å². The summed E-state index contributed by atoms with van der Waals surface area (Å²) in [6.45, 7) is 2.12. The van der Waals surface area contributed by atoms with Gasteiger partial charge in [-0.1, -0.05) is 26.2 Å². The van der Waals surface area contributed by atoms with E-state index < -0.39 is 11.5 Å². The molecular formula is C12H21NO3. The number of hydrogen-bond donors (Lipinski definition) is 2. The van der Waals surface area contributed by atoms with E-state index in [1.165, 1.54) is 0 Å². The molecule has 4 heteroatoms. The van der Waals surface area contributed by atoms with Gasteiger partial charge in [0.1, 0.15) is 5.54 Å². The average molecular weight is 227 g/mol. The van der Waals surface area contributed by atoms with Gasteiger partial charge in [-0.2, -0.15) is 0 Å². The quantitative estimate of drug-likeness (QED) is 0.654. The molecule has 0 heterocycles. The second-order valence-corrected chi connectivity index (χ2v) is 4.60. The lowest BCUT2D eigenvalue weighted by molar-refractivity contribution is -0.151. The zero-order chi connectivity index (χ0) is 12.0. The largest absolute Gasteiger partial charge is 0.480 e. The third-order valence-corrected chi connectivity index (χ3v) is 3.25. The number of nitrogens with one attached hydrogen (secondary N) is 1. The molecule has 1 aliphatic rings. The maximum Gasteiger partial charge on any atom is 0.329 e. The lowest BCUT2D eigenvalue weighted by Crippen LogP contribution is -2.59.